The maximum atomic E-state index is 13.4. The van der Waals surface area contributed by atoms with E-state index in [4.69, 9.17) is 0 Å². The highest BCUT2D eigenvalue weighted by atomic mass is 19.1. The van der Waals surface area contributed by atoms with Gasteiger partial charge in [-0.15, -0.1) is 0 Å². The summed E-state index contributed by atoms with van der Waals surface area (Å²) in [7, 11) is 1.95. The zero-order valence-electron chi connectivity index (χ0n) is 12.5. The number of halogens is 1. The van der Waals surface area contributed by atoms with Crippen LogP contribution in [-0.4, -0.2) is 7.05 Å². The van der Waals surface area contributed by atoms with Gasteiger partial charge in [0.2, 0.25) is 0 Å². The van der Waals surface area contributed by atoms with Crippen LogP contribution in [0, 0.1) is 24.1 Å². The molecule has 0 aliphatic carbocycles. The van der Waals surface area contributed by atoms with Gasteiger partial charge < -0.3 is 5.32 Å². The number of benzene rings is 1. The molecule has 0 heterocycles. The molecule has 0 amide bonds. The molecule has 0 fully saturated rings. The zero-order valence-corrected chi connectivity index (χ0v) is 12.5. The summed E-state index contributed by atoms with van der Waals surface area (Å²) in [4.78, 5) is 0. The minimum absolute atomic E-state index is 0.153. The SMILES string of the molecule is CNC(CC(C)C(C)(C)C)c1cc(F)ccc1C. The highest BCUT2D eigenvalue weighted by Crippen LogP contribution is 2.34. The lowest BCUT2D eigenvalue weighted by Crippen LogP contribution is -2.26. The summed E-state index contributed by atoms with van der Waals surface area (Å²) in [5, 5.41) is 3.32. The monoisotopic (exact) mass is 251 g/mol. The van der Waals surface area contributed by atoms with E-state index >= 15 is 0 Å². The van der Waals surface area contributed by atoms with Crippen LogP contribution < -0.4 is 5.32 Å². The fourth-order valence-corrected chi connectivity index (χ4v) is 2.09. The average Bonchev–Trinajstić information content (AvgIpc) is 2.28. The maximum absolute atomic E-state index is 13.4. The van der Waals surface area contributed by atoms with Gasteiger partial charge in [-0.1, -0.05) is 33.8 Å². The largest absolute Gasteiger partial charge is 0.313 e. The first kappa shape index (κ1) is 15.2. The number of hydrogen-bond acceptors (Lipinski definition) is 1. The smallest absolute Gasteiger partial charge is 0.123 e. The van der Waals surface area contributed by atoms with Gasteiger partial charge in [0.1, 0.15) is 5.82 Å². The van der Waals surface area contributed by atoms with Crippen molar-refractivity contribution in [2.45, 2.75) is 47.1 Å². The Balaban J connectivity index is 2.93. The standard InChI is InChI=1S/C16H26FN/c1-11-7-8-13(17)10-14(11)15(18-6)9-12(2)16(3,4)5/h7-8,10,12,15,18H,9H2,1-6H3. The minimum Gasteiger partial charge on any atom is -0.313 e. The summed E-state index contributed by atoms with van der Waals surface area (Å²) in [6, 6.07) is 5.26. The third kappa shape index (κ3) is 3.81. The summed E-state index contributed by atoms with van der Waals surface area (Å²) in [6.07, 6.45) is 1.02. The van der Waals surface area contributed by atoms with E-state index in [1.54, 1.807) is 6.07 Å². The second-order valence-corrected chi connectivity index (χ2v) is 6.34. The Morgan fingerprint density at radius 3 is 2.39 bits per heavy atom. The van der Waals surface area contributed by atoms with Gasteiger partial charge in [0.25, 0.3) is 0 Å². The second kappa shape index (κ2) is 5.83. The van der Waals surface area contributed by atoms with Crippen LogP contribution in [0.2, 0.25) is 0 Å². The quantitative estimate of drug-likeness (QED) is 0.832. The van der Waals surface area contributed by atoms with Crippen molar-refractivity contribution in [3.63, 3.8) is 0 Å². The van der Waals surface area contributed by atoms with E-state index in [1.807, 2.05) is 20.0 Å². The van der Waals surface area contributed by atoms with Crippen molar-refractivity contribution in [3.05, 3.63) is 35.1 Å². The summed E-state index contributed by atoms with van der Waals surface area (Å²) in [6.45, 7) is 11.1. The molecule has 1 nitrogen and oxygen atoms in total. The van der Waals surface area contributed by atoms with E-state index in [1.165, 1.54) is 6.07 Å². The molecule has 0 saturated heterocycles. The van der Waals surface area contributed by atoms with E-state index in [0.29, 0.717) is 5.92 Å². The Bertz CT molecular complexity index is 393. The van der Waals surface area contributed by atoms with Crippen LogP contribution in [0.4, 0.5) is 4.39 Å². The first-order valence-electron chi connectivity index (χ1n) is 6.69. The van der Waals surface area contributed by atoms with Crippen LogP contribution >= 0.6 is 0 Å². The normalized spacial score (nSPS) is 15.5. The van der Waals surface area contributed by atoms with Crippen molar-refractivity contribution < 1.29 is 4.39 Å². The average molecular weight is 251 g/mol. The molecule has 0 saturated carbocycles. The molecule has 1 aromatic rings. The first-order valence-corrected chi connectivity index (χ1v) is 6.69. The van der Waals surface area contributed by atoms with Crippen LogP contribution in [0.15, 0.2) is 18.2 Å². The summed E-state index contributed by atoms with van der Waals surface area (Å²) >= 11 is 0. The predicted molar refractivity (Wildman–Crippen MR) is 76.2 cm³/mol. The third-order valence-electron chi connectivity index (χ3n) is 4.03. The van der Waals surface area contributed by atoms with E-state index in [0.717, 1.165) is 17.5 Å². The lowest BCUT2D eigenvalue weighted by Gasteiger charge is -2.31. The zero-order chi connectivity index (χ0) is 13.9. The van der Waals surface area contributed by atoms with Gasteiger partial charge >= 0.3 is 0 Å². The van der Waals surface area contributed by atoms with Crippen molar-refractivity contribution in [3.8, 4) is 0 Å². The van der Waals surface area contributed by atoms with Gasteiger partial charge in [-0.3, -0.25) is 0 Å². The fourth-order valence-electron chi connectivity index (χ4n) is 2.09. The van der Waals surface area contributed by atoms with Crippen molar-refractivity contribution in [2.24, 2.45) is 11.3 Å². The topological polar surface area (TPSA) is 12.0 Å². The molecule has 18 heavy (non-hydrogen) atoms. The van der Waals surface area contributed by atoms with Crippen molar-refractivity contribution >= 4 is 0 Å². The van der Waals surface area contributed by atoms with Gasteiger partial charge in [-0.05, 0) is 55.0 Å². The fraction of sp³-hybridized carbons (Fsp3) is 0.625. The number of hydrogen-bond donors (Lipinski definition) is 1. The molecule has 0 bridgehead atoms. The van der Waals surface area contributed by atoms with Crippen LogP contribution in [-0.2, 0) is 0 Å². The predicted octanol–water partition coefficient (Wildman–Crippen LogP) is 4.47. The Morgan fingerprint density at radius 2 is 1.89 bits per heavy atom. The van der Waals surface area contributed by atoms with Gasteiger partial charge in [-0.25, -0.2) is 4.39 Å². The Hall–Kier alpha value is -0.890. The van der Waals surface area contributed by atoms with E-state index in [-0.39, 0.29) is 17.3 Å². The molecule has 2 atom stereocenters. The molecule has 0 radical (unpaired) electrons. The number of rotatable bonds is 4. The molecule has 2 heteroatoms. The molecule has 0 spiro atoms. The molecular formula is C16H26FN. The van der Waals surface area contributed by atoms with Gasteiger partial charge in [0.05, 0.1) is 0 Å². The van der Waals surface area contributed by atoms with Crippen molar-refractivity contribution in [1.82, 2.24) is 5.32 Å². The van der Waals surface area contributed by atoms with Crippen molar-refractivity contribution in [1.29, 1.82) is 0 Å². The lowest BCUT2D eigenvalue weighted by molar-refractivity contribution is 0.226. The number of nitrogens with one attached hydrogen (secondary N) is 1. The molecule has 0 aromatic heterocycles. The van der Waals surface area contributed by atoms with Crippen LogP contribution in [0.3, 0.4) is 0 Å². The minimum atomic E-state index is -0.153. The Kier molecular flexibility index (Phi) is 4.92. The third-order valence-corrected chi connectivity index (χ3v) is 4.03. The van der Waals surface area contributed by atoms with E-state index in [2.05, 4.69) is 33.0 Å². The molecule has 2 unspecified atom stereocenters. The van der Waals surface area contributed by atoms with Crippen LogP contribution in [0.5, 0.6) is 0 Å². The highest BCUT2D eigenvalue weighted by molar-refractivity contribution is 5.29. The Morgan fingerprint density at radius 1 is 1.28 bits per heavy atom. The Labute approximate surface area is 111 Å². The molecule has 1 aromatic carbocycles. The number of aryl methyl sites for hydroxylation is 1. The molecular weight excluding hydrogens is 225 g/mol. The maximum Gasteiger partial charge on any atom is 0.123 e. The molecule has 102 valence electrons. The van der Waals surface area contributed by atoms with Crippen LogP contribution in [0.25, 0.3) is 0 Å². The molecule has 1 N–H and O–H groups in total. The van der Waals surface area contributed by atoms with Crippen LogP contribution in [0.1, 0.15) is 51.3 Å². The second-order valence-electron chi connectivity index (χ2n) is 6.34. The van der Waals surface area contributed by atoms with E-state index in [9.17, 15) is 4.39 Å². The molecule has 0 aliphatic heterocycles. The summed E-state index contributed by atoms with van der Waals surface area (Å²) in [5.74, 6) is 0.414. The van der Waals surface area contributed by atoms with Crippen molar-refractivity contribution in [2.75, 3.05) is 7.05 Å². The lowest BCUT2D eigenvalue weighted by atomic mass is 9.77. The van der Waals surface area contributed by atoms with Gasteiger partial charge in [-0.2, -0.15) is 0 Å². The highest BCUT2D eigenvalue weighted by Gasteiger charge is 2.24. The summed E-state index contributed by atoms with van der Waals surface area (Å²) < 4.78 is 13.4. The molecule has 1 rings (SSSR count). The van der Waals surface area contributed by atoms with Gasteiger partial charge in [0.15, 0.2) is 0 Å². The summed E-state index contributed by atoms with van der Waals surface area (Å²) in [5.41, 5.74) is 2.50. The van der Waals surface area contributed by atoms with Gasteiger partial charge in [0, 0.05) is 6.04 Å². The van der Waals surface area contributed by atoms with E-state index < -0.39 is 0 Å². The first-order chi connectivity index (χ1) is 8.25. The molecule has 0 aliphatic rings.